The number of carbonyl (C=O) groups excluding carboxylic acids is 1. The van der Waals surface area contributed by atoms with E-state index in [1.165, 1.54) is 0 Å². The van der Waals surface area contributed by atoms with Crippen molar-refractivity contribution in [1.29, 1.82) is 0 Å². The van der Waals surface area contributed by atoms with E-state index in [9.17, 15) is 4.79 Å². The molecule has 0 amide bonds. The molecular weight excluding hydrogens is 332 g/mol. The quantitative estimate of drug-likeness (QED) is 0.633. The lowest BCUT2D eigenvalue weighted by Crippen LogP contribution is -2.34. The zero-order valence-electron chi connectivity index (χ0n) is 15.6. The van der Waals surface area contributed by atoms with Crippen LogP contribution in [0.5, 0.6) is 0 Å². The third-order valence-corrected chi connectivity index (χ3v) is 5.73. The number of aromatic nitrogens is 1. The lowest BCUT2D eigenvalue weighted by molar-refractivity contribution is -0.118. The summed E-state index contributed by atoms with van der Waals surface area (Å²) in [4.78, 5) is 17.9. The number of allylic oxidation sites excluding steroid dienone is 2. The van der Waals surface area contributed by atoms with Crippen LogP contribution in [0.1, 0.15) is 43.7 Å². The summed E-state index contributed by atoms with van der Waals surface area (Å²) in [6.07, 6.45) is 3.31. The van der Waals surface area contributed by atoms with Gasteiger partial charge in [-0.05, 0) is 29.5 Å². The van der Waals surface area contributed by atoms with Crippen LogP contribution in [-0.4, -0.2) is 10.8 Å². The number of benzene rings is 2. The number of rotatable bonds is 1. The van der Waals surface area contributed by atoms with Crippen LogP contribution in [0.2, 0.25) is 0 Å². The molecule has 0 bridgehead atoms. The molecule has 5 rings (SSSR count). The molecule has 0 saturated carbocycles. The maximum absolute atomic E-state index is 13.3. The molecule has 3 heteroatoms. The van der Waals surface area contributed by atoms with Gasteiger partial charge >= 0.3 is 0 Å². The van der Waals surface area contributed by atoms with Crippen molar-refractivity contribution < 1.29 is 4.79 Å². The van der Waals surface area contributed by atoms with E-state index in [2.05, 4.69) is 54.5 Å². The normalized spacial score (nSPS) is 20.8. The zero-order valence-corrected chi connectivity index (χ0v) is 15.6. The maximum Gasteiger partial charge on any atom is 0.162 e. The van der Waals surface area contributed by atoms with Gasteiger partial charge in [0.15, 0.2) is 5.78 Å². The molecule has 27 heavy (non-hydrogen) atoms. The molecule has 1 aromatic heterocycles. The van der Waals surface area contributed by atoms with E-state index in [4.69, 9.17) is 0 Å². The van der Waals surface area contributed by atoms with Crippen LogP contribution in [0, 0.1) is 5.41 Å². The van der Waals surface area contributed by atoms with E-state index in [0.29, 0.717) is 6.42 Å². The molecule has 1 N–H and O–H groups in total. The van der Waals surface area contributed by atoms with Crippen LogP contribution in [0.3, 0.4) is 0 Å². The summed E-state index contributed by atoms with van der Waals surface area (Å²) >= 11 is 0. The number of hydrogen-bond acceptors (Lipinski definition) is 3. The summed E-state index contributed by atoms with van der Waals surface area (Å²) in [5.41, 5.74) is 6.29. The second-order valence-corrected chi connectivity index (χ2v) is 8.40. The van der Waals surface area contributed by atoms with Gasteiger partial charge in [0, 0.05) is 46.4 Å². The molecule has 0 spiro atoms. The van der Waals surface area contributed by atoms with E-state index >= 15 is 0 Å². The largest absolute Gasteiger partial charge is 0.358 e. The molecule has 0 radical (unpaired) electrons. The highest BCUT2D eigenvalue weighted by atomic mass is 16.1. The fraction of sp³-hybridized carbons (Fsp3) is 0.250. The predicted molar refractivity (Wildman–Crippen MR) is 109 cm³/mol. The molecule has 0 saturated heterocycles. The number of ketones is 1. The van der Waals surface area contributed by atoms with Crippen molar-refractivity contribution >= 4 is 22.4 Å². The molecule has 1 unspecified atom stereocenters. The third-order valence-electron chi connectivity index (χ3n) is 5.73. The first-order valence-corrected chi connectivity index (χ1v) is 9.49. The molecule has 3 aromatic rings. The lowest BCUT2D eigenvalue weighted by atomic mass is 9.68. The first-order valence-electron chi connectivity index (χ1n) is 9.49. The molecule has 2 aromatic carbocycles. The maximum atomic E-state index is 13.3. The van der Waals surface area contributed by atoms with Crippen LogP contribution in [0.25, 0.3) is 10.9 Å². The molecule has 1 aliphatic carbocycles. The van der Waals surface area contributed by atoms with Crippen molar-refractivity contribution in [3.63, 3.8) is 0 Å². The highest BCUT2D eigenvalue weighted by molar-refractivity contribution is 6.03. The van der Waals surface area contributed by atoms with E-state index in [0.717, 1.165) is 45.4 Å². The average Bonchev–Trinajstić information content (AvgIpc) is 2.66. The predicted octanol–water partition coefficient (Wildman–Crippen LogP) is 5.44. The second kappa shape index (κ2) is 5.78. The second-order valence-electron chi connectivity index (χ2n) is 8.40. The van der Waals surface area contributed by atoms with Gasteiger partial charge < -0.3 is 5.32 Å². The van der Waals surface area contributed by atoms with Crippen LogP contribution < -0.4 is 5.32 Å². The minimum atomic E-state index is -0.0698. The van der Waals surface area contributed by atoms with Crippen LogP contribution in [0.4, 0.5) is 5.69 Å². The topological polar surface area (TPSA) is 42.0 Å². The van der Waals surface area contributed by atoms with Crippen molar-refractivity contribution in [2.75, 3.05) is 5.32 Å². The molecule has 2 heterocycles. The average molecular weight is 354 g/mol. The summed E-state index contributed by atoms with van der Waals surface area (Å²) < 4.78 is 0. The van der Waals surface area contributed by atoms with Crippen molar-refractivity contribution in [2.24, 2.45) is 5.41 Å². The first-order chi connectivity index (χ1) is 13.0. The minimum absolute atomic E-state index is 0.0171. The third kappa shape index (κ3) is 2.57. The smallest absolute Gasteiger partial charge is 0.162 e. The van der Waals surface area contributed by atoms with Crippen molar-refractivity contribution in [3.8, 4) is 0 Å². The fourth-order valence-electron chi connectivity index (χ4n) is 4.64. The number of Topliss-reactive ketones (excluding diaryl/α,β-unsaturated/α-hetero) is 1. The molecule has 2 aliphatic rings. The van der Waals surface area contributed by atoms with Crippen molar-refractivity contribution in [3.05, 3.63) is 83.2 Å². The molecule has 1 atom stereocenters. The van der Waals surface area contributed by atoms with Crippen LogP contribution in [-0.2, 0) is 4.79 Å². The Morgan fingerprint density at radius 3 is 2.63 bits per heavy atom. The Balaban J connectivity index is 1.82. The van der Waals surface area contributed by atoms with Gasteiger partial charge in [-0.15, -0.1) is 0 Å². The number of fused-ring (bicyclic) bond motifs is 3. The van der Waals surface area contributed by atoms with Crippen LogP contribution in [0.15, 0.2) is 72.1 Å². The summed E-state index contributed by atoms with van der Waals surface area (Å²) in [7, 11) is 0. The Morgan fingerprint density at radius 1 is 1.00 bits per heavy atom. The summed E-state index contributed by atoms with van der Waals surface area (Å²) in [6, 6.07) is 18.6. The molecule has 3 nitrogen and oxygen atoms in total. The number of pyridine rings is 1. The number of nitrogens with one attached hydrogen (secondary N) is 1. The summed E-state index contributed by atoms with van der Waals surface area (Å²) in [5, 5.41) is 4.70. The standard InChI is InChI=1S/C24H22N2O/c1-24(2)13-18-21(19(27)14-24)20(15-7-4-3-5-8-15)22-17(26-18)11-10-16-9-6-12-25-23(16)22/h3-12,20,26H,13-14H2,1-2H3. The van der Waals surface area contributed by atoms with Crippen molar-refractivity contribution in [2.45, 2.75) is 32.6 Å². The van der Waals surface area contributed by atoms with Crippen molar-refractivity contribution in [1.82, 2.24) is 4.98 Å². The van der Waals surface area contributed by atoms with Gasteiger partial charge in [-0.3, -0.25) is 9.78 Å². The van der Waals surface area contributed by atoms with Crippen LogP contribution >= 0.6 is 0 Å². The van der Waals surface area contributed by atoms with Gasteiger partial charge in [0.1, 0.15) is 0 Å². The van der Waals surface area contributed by atoms with Gasteiger partial charge in [0.05, 0.1) is 5.52 Å². The van der Waals surface area contributed by atoms with Gasteiger partial charge in [-0.1, -0.05) is 56.3 Å². The number of anilines is 1. The molecule has 0 fully saturated rings. The first kappa shape index (κ1) is 16.2. The highest BCUT2D eigenvalue weighted by Crippen LogP contribution is 2.50. The van der Waals surface area contributed by atoms with E-state index in [-0.39, 0.29) is 17.1 Å². The SMILES string of the molecule is CC1(C)CC(=O)C2=C(C1)Nc1ccc3cccnc3c1C2c1ccccc1. The molecule has 134 valence electrons. The van der Waals surface area contributed by atoms with Gasteiger partial charge in [0.2, 0.25) is 0 Å². The highest BCUT2D eigenvalue weighted by Gasteiger charge is 2.41. The lowest BCUT2D eigenvalue weighted by Gasteiger charge is -2.39. The Morgan fingerprint density at radius 2 is 1.81 bits per heavy atom. The zero-order chi connectivity index (χ0) is 18.6. The Kier molecular flexibility index (Phi) is 3.48. The fourth-order valence-corrected chi connectivity index (χ4v) is 4.64. The van der Waals surface area contributed by atoms with Gasteiger partial charge in [-0.2, -0.15) is 0 Å². The van der Waals surface area contributed by atoms with E-state index in [1.54, 1.807) is 0 Å². The van der Waals surface area contributed by atoms with E-state index in [1.807, 2.05) is 30.5 Å². The number of carbonyl (C=O) groups is 1. The molecule has 1 aliphatic heterocycles. The number of hydrogen-bond donors (Lipinski definition) is 1. The number of nitrogens with zero attached hydrogens (tertiary/aromatic N) is 1. The van der Waals surface area contributed by atoms with Gasteiger partial charge in [-0.25, -0.2) is 0 Å². The van der Waals surface area contributed by atoms with E-state index < -0.39 is 0 Å². The monoisotopic (exact) mass is 354 g/mol. The molecular formula is C24H22N2O. The Hall–Kier alpha value is -2.94. The summed E-state index contributed by atoms with van der Waals surface area (Å²) in [6.45, 7) is 4.34. The Bertz CT molecular complexity index is 1100. The van der Waals surface area contributed by atoms with Gasteiger partial charge in [0.25, 0.3) is 0 Å². The Labute approximate surface area is 159 Å². The summed E-state index contributed by atoms with van der Waals surface area (Å²) in [5.74, 6) is 0.181. The minimum Gasteiger partial charge on any atom is -0.358 e.